The van der Waals surface area contributed by atoms with Gasteiger partial charge in [-0.25, -0.2) is 4.68 Å². The molecule has 24 heavy (non-hydrogen) atoms. The van der Waals surface area contributed by atoms with Crippen molar-refractivity contribution in [3.8, 4) is 5.69 Å². The van der Waals surface area contributed by atoms with E-state index in [1.807, 2.05) is 68.0 Å². The standard InChI is InChI=1S/C18H21N5O/c1-13-11-15(3)23(21-13)17-7-5-16(6-8-17)18(24)20-14(2)12-22-10-4-9-19-22/h4-11,14H,12H2,1-3H3,(H,20,24). The Bertz CT molecular complexity index is 818. The third-order valence-corrected chi connectivity index (χ3v) is 3.78. The smallest absolute Gasteiger partial charge is 0.251 e. The third kappa shape index (κ3) is 3.53. The van der Waals surface area contributed by atoms with Crippen molar-refractivity contribution in [3.63, 3.8) is 0 Å². The summed E-state index contributed by atoms with van der Waals surface area (Å²) in [5.74, 6) is -0.0884. The molecule has 1 unspecified atom stereocenters. The molecule has 3 aromatic rings. The number of carbonyl (C=O) groups is 1. The molecule has 6 nitrogen and oxygen atoms in total. The number of hydrogen-bond acceptors (Lipinski definition) is 3. The fourth-order valence-corrected chi connectivity index (χ4v) is 2.69. The lowest BCUT2D eigenvalue weighted by Crippen LogP contribution is -2.35. The zero-order valence-electron chi connectivity index (χ0n) is 14.1. The zero-order chi connectivity index (χ0) is 17.1. The first-order valence-corrected chi connectivity index (χ1v) is 7.95. The summed E-state index contributed by atoms with van der Waals surface area (Å²) in [4.78, 5) is 12.3. The van der Waals surface area contributed by atoms with Crippen LogP contribution in [0, 0.1) is 13.8 Å². The second-order valence-electron chi connectivity index (χ2n) is 5.99. The Labute approximate surface area is 141 Å². The Morgan fingerprint density at radius 3 is 2.58 bits per heavy atom. The summed E-state index contributed by atoms with van der Waals surface area (Å²) in [6.07, 6.45) is 3.61. The molecule has 1 aromatic carbocycles. The molecule has 0 spiro atoms. The normalized spacial score (nSPS) is 12.1. The first-order chi connectivity index (χ1) is 11.5. The van der Waals surface area contributed by atoms with Crippen LogP contribution >= 0.6 is 0 Å². The molecule has 0 saturated heterocycles. The van der Waals surface area contributed by atoms with E-state index < -0.39 is 0 Å². The van der Waals surface area contributed by atoms with E-state index in [0.29, 0.717) is 12.1 Å². The van der Waals surface area contributed by atoms with Crippen LogP contribution in [0.25, 0.3) is 5.69 Å². The summed E-state index contributed by atoms with van der Waals surface area (Å²) in [6.45, 7) is 6.58. The first kappa shape index (κ1) is 16.0. The quantitative estimate of drug-likeness (QED) is 0.784. The van der Waals surface area contributed by atoms with Gasteiger partial charge in [-0.05, 0) is 57.2 Å². The number of nitrogens with zero attached hydrogens (tertiary/aromatic N) is 4. The Hall–Kier alpha value is -2.89. The lowest BCUT2D eigenvalue weighted by Gasteiger charge is -2.14. The summed E-state index contributed by atoms with van der Waals surface area (Å²) in [5.41, 5.74) is 3.62. The molecule has 0 fully saturated rings. The summed E-state index contributed by atoms with van der Waals surface area (Å²) in [7, 11) is 0. The van der Waals surface area contributed by atoms with Crippen LogP contribution in [0.2, 0.25) is 0 Å². The van der Waals surface area contributed by atoms with Crippen LogP contribution in [0.3, 0.4) is 0 Å². The fraction of sp³-hybridized carbons (Fsp3) is 0.278. The number of benzene rings is 1. The van der Waals surface area contributed by atoms with E-state index in [4.69, 9.17) is 0 Å². The number of aryl methyl sites for hydroxylation is 2. The van der Waals surface area contributed by atoms with Crippen LogP contribution in [0.4, 0.5) is 0 Å². The Morgan fingerprint density at radius 2 is 2.00 bits per heavy atom. The van der Waals surface area contributed by atoms with Gasteiger partial charge in [0.25, 0.3) is 5.91 Å². The summed E-state index contributed by atoms with van der Waals surface area (Å²) >= 11 is 0. The van der Waals surface area contributed by atoms with E-state index in [2.05, 4.69) is 15.5 Å². The molecule has 0 aliphatic carbocycles. The molecule has 2 aromatic heterocycles. The lowest BCUT2D eigenvalue weighted by molar-refractivity contribution is 0.0936. The van der Waals surface area contributed by atoms with Crippen molar-refractivity contribution in [2.24, 2.45) is 0 Å². The third-order valence-electron chi connectivity index (χ3n) is 3.78. The second-order valence-corrected chi connectivity index (χ2v) is 5.99. The van der Waals surface area contributed by atoms with E-state index in [9.17, 15) is 4.79 Å². The molecule has 124 valence electrons. The SMILES string of the molecule is Cc1cc(C)n(-c2ccc(C(=O)NC(C)Cn3cccn3)cc2)n1. The predicted octanol–water partition coefficient (Wildman–Crippen LogP) is 2.50. The van der Waals surface area contributed by atoms with Crippen molar-refractivity contribution in [2.75, 3.05) is 0 Å². The van der Waals surface area contributed by atoms with E-state index in [0.717, 1.165) is 17.1 Å². The van der Waals surface area contributed by atoms with Crippen molar-refractivity contribution in [1.29, 1.82) is 0 Å². The zero-order valence-corrected chi connectivity index (χ0v) is 14.1. The minimum atomic E-state index is -0.0884. The summed E-state index contributed by atoms with van der Waals surface area (Å²) in [5, 5.41) is 11.6. The monoisotopic (exact) mass is 323 g/mol. The predicted molar refractivity (Wildman–Crippen MR) is 92.2 cm³/mol. The van der Waals surface area contributed by atoms with Gasteiger partial charge >= 0.3 is 0 Å². The maximum absolute atomic E-state index is 12.3. The van der Waals surface area contributed by atoms with Crippen molar-refractivity contribution >= 4 is 5.91 Å². The highest BCUT2D eigenvalue weighted by atomic mass is 16.1. The van der Waals surface area contributed by atoms with Crippen LogP contribution in [0.1, 0.15) is 28.7 Å². The highest BCUT2D eigenvalue weighted by Gasteiger charge is 2.11. The molecular weight excluding hydrogens is 302 g/mol. The van der Waals surface area contributed by atoms with Gasteiger partial charge in [-0.2, -0.15) is 10.2 Å². The average Bonchev–Trinajstić information content (AvgIpc) is 3.16. The Kier molecular flexibility index (Phi) is 4.46. The van der Waals surface area contributed by atoms with Gasteiger partial charge in [0.2, 0.25) is 0 Å². The summed E-state index contributed by atoms with van der Waals surface area (Å²) < 4.78 is 3.67. The van der Waals surface area contributed by atoms with Crippen molar-refractivity contribution in [1.82, 2.24) is 24.9 Å². The van der Waals surface area contributed by atoms with Gasteiger partial charge in [-0.1, -0.05) is 0 Å². The average molecular weight is 323 g/mol. The summed E-state index contributed by atoms with van der Waals surface area (Å²) in [6, 6.07) is 11.3. The van der Waals surface area contributed by atoms with Crippen LogP contribution in [0.15, 0.2) is 48.8 Å². The molecule has 1 N–H and O–H groups in total. The number of nitrogens with one attached hydrogen (secondary N) is 1. The molecule has 0 aliphatic rings. The minimum Gasteiger partial charge on any atom is -0.348 e. The van der Waals surface area contributed by atoms with Gasteiger partial charge in [0.05, 0.1) is 17.9 Å². The van der Waals surface area contributed by atoms with Gasteiger partial charge in [0.15, 0.2) is 0 Å². The molecule has 6 heteroatoms. The second kappa shape index (κ2) is 6.70. The first-order valence-electron chi connectivity index (χ1n) is 7.95. The number of amides is 1. The molecule has 2 heterocycles. The molecule has 1 atom stereocenters. The number of hydrogen-bond donors (Lipinski definition) is 1. The van der Waals surface area contributed by atoms with Gasteiger partial charge in [-0.3, -0.25) is 9.48 Å². The molecule has 1 amide bonds. The molecule has 0 aliphatic heterocycles. The molecule has 0 bridgehead atoms. The lowest BCUT2D eigenvalue weighted by atomic mass is 10.2. The van der Waals surface area contributed by atoms with Crippen LogP contribution in [-0.4, -0.2) is 31.5 Å². The van der Waals surface area contributed by atoms with Crippen molar-refractivity contribution in [3.05, 3.63) is 65.7 Å². The Balaban J connectivity index is 1.66. The number of rotatable bonds is 5. The van der Waals surface area contributed by atoms with Crippen LogP contribution in [0.5, 0.6) is 0 Å². The number of aromatic nitrogens is 4. The largest absolute Gasteiger partial charge is 0.348 e. The molecular formula is C18H21N5O. The highest BCUT2D eigenvalue weighted by molar-refractivity contribution is 5.94. The van der Waals surface area contributed by atoms with Gasteiger partial charge in [0.1, 0.15) is 0 Å². The van der Waals surface area contributed by atoms with E-state index in [1.54, 1.807) is 10.9 Å². The van der Waals surface area contributed by atoms with Crippen molar-refractivity contribution in [2.45, 2.75) is 33.4 Å². The highest BCUT2D eigenvalue weighted by Crippen LogP contribution is 2.13. The number of carbonyl (C=O) groups excluding carboxylic acids is 1. The maximum atomic E-state index is 12.3. The van der Waals surface area contributed by atoms with Crippen LogP contribution in [-0.2, 0) is 6.54 Å². The van der Waals surface area contributed by atoms with Gasteiger partial charge in [-0.15, -0.1) is 0 Å². The van der Waals surface area contributed by atoms with E-state index >= 15 is 0 Å². The van der Waals surface area contributed by atoms with E-state index in [1.165, 1.54) is 0 Å². The molecule has 0 saturated carbocycles. The van der Waals surface area contributed by atoms with Crippen LogP contribution < -0.4 is 5.32 Å². The molecule has 0 radical (unpaired) electrons. The molecule has 3 rings (SSSR count). The van der Waals surface area contributed by atoms with E-state index in [-0.39, 0.29) is 11.9 Å². The Morgan fingerprint density at radius 1 is 1.25 bits per heavy atom. The van der Waals surface area contributed by atoms with Gasteiger partial charge < -0.3 is 5.32 Å². The van der Waals surface area contributed by atoms with Gasteiger partial charge in [0, 0.05) is 29.7 Å². The topological polar surface area (TPSA) is 64.7 Å². The fourth-order valence-electron chi connectivity index (χ4n) is 2.69. The minimum absolute atomic E-state index is 0.00640. The van der Waals surface area contributed by atoms with Crippen molar-refractivity contribution < 1.29 is 4.79 Å². The maximum Gasteiger partial charge on any atom is 0.251 e.